The molecule has 1 aromatic carbocycles. The lowest BCUT2D eigenvalue weighted by Gasteiger charge is -2.09. The molecular weight excluding hydrogens is 264 g/mol. The highest BCUT2D eigenvalue weighted by Crippen LogP contribution is 2.30. The number of rotatable bonds is 2. The lowest BCUT2D eigenvalue weighted by molar-refractivity contribution is -0.137. The van der Waals surface area contributed by atoms with Crippen molar-refractivity contribution in [3.8, 4) is 0 Å². The molecule has 2 rings (SSSR count). The summed E-state index contributed by atoms with van der Waals surface area (Å²) in [5.74, 6) is -1.92. The molecule has 0 atom stereocenters. The van der Waals surface area contributed by atoms with Crippen LogP contribution < -0.4 is 0 Å². The van der Waals surface area contributed by atoms with Crippen molar-refractivity contribution in [3.63, 3.8) is 0 Å². The van der Waals surface area contributed by atoms with E-state index in [9.17, 15) is 22.4 Å². The molecule has 0 N–H and O–H groups in total. The second-order valence-corrected chi connectivity index (χ2v) is 3.65. The molecule has 0 saturated carbocycles. The molecule has 19 heavy (non-hydrogen) atoms. The fraction of sp³-hybridized carbons (Fsp3) is 0.0833. The summed E-state index contributed by atoms with van der Waals surface area (Å²) in [6, 6.07) is 1.66. The zero-order valence-electron chi connectivity index (χ0n) is 9.28. The number of carbonyl (C=O) groups excluding carboxylic acids is 1. The zero-order valence-corrected chi connectivity index (χ0v) is 9.28. The highest BCUT2D eigenvalue weighted by atomic mass is 19.4. The van der Waals surface area contributed by atoms with Gasteiger partial charge >= 0.3 is 6.18 Å². The van der Waals surface area contributed by atoms with Gasteiger partial charge in [-0.05, 0) is 18.2 Å². The van der Waals surface area contributed by atoms with Gasteiger partial charge in [-0.25, -0.2) is 14.4 Å². The van der Waals surface area contributed by atoms with Crippen molar-refractivity contribution in [3.05, 3.63) is 59.4 Å². The third-order valence-electron chi connectivity index (χ3n) is 2.36. The number of hydrogen-bond donors (Lipinski definition) is 0. The monoisotopic (exact) mass is 270 g/mol. The second-order valence-electron chi connectivity index (χ2n) is 3.65. The zero-order chi connectivity index (χ0) is 14.0. The van der Waals surface area contributed by atoms with Crippen LogP contribution in [-0.4, -0.2) is 15.8 Å². The summed E-state index contributed by atoms with van der Waals surface area (Å²) in [6.45, 7) is 0. The van der Waals surface area contributed by atoms with Crippen LogP contribution >= 0.6 is 0 Å². The molecule has 3 nitrogen and oxygen atoms in total. The van der Waals surface area contributed by atoms with Gasteiger partial charge in [-0.2, -0.15) is 13.2 Å². The molecule has 0 aliphatic carbocycles. The summed E-state index contributed by atoms with van der Waals surface area (Å²) < 4.78 is 51.0. The Morgan fingerprint density at radius 2 is 1.74 bits per heavy atom. The van der Waals surface area contributed by atoms with E-state index in [1.165, 1.54) is 0 Å². The van der Waals surface area contributed by atoms with E-state index in [2.05, 4.69) is 9.97 Å². The first kappa shape index (κ1) is 13.1. The van der Waals surface area contributed by atoms with Crippen LogP contribution in [0.15, 0.2) is 36.9 Å². The van der Waals surface area contributed by atoms with Gasteiger partial charge in [0.1, 0.15) is 12.1 Å². The van der Waals surface area contributed by atoms with Crippen molar-refractivity contribution < 1.29 is 22.4 Å². The minimum atomic E-state index is -4.64. The van der Waals surface area contributed by atoms with E-state index in [0.717, 1.165) is 18.7 Å². The average molecular weight is 270 g/mol. The molecule has 0 aliphatic rings. The third-order valence-corrected chi connectivity index (χ3v) is 2.36. The fourth-order valence-electron chi connectivity index (χ4n) is 1.45. The Labute approximate surface area is 104 Å². The molecule has 7 heteroatoms. The number of alkyl halides is 3. The molecule has 0 saturated heterocycles. The highest BCUT2D eigenvalue weighted by Gasteiger charge is 2.32. The quantitative estimate of drug-likeness (QED) is 0.622. The van der Waals surface area contributed by atoms with Crippen LogP contribution in [0.1, 0.15) is 21.5 Å². The molecule has 0 unspecified atom stereocenters. The largest absolute Gasteiger partial charge is 0.416 e. The molecule has 1 heterocycles. The number of carbonyl (C=O) groups is 1. The van der Waals surface area contributed by atoms with E-state index < -0.39 is 28.9 Å². The van der Waals surface area contributed by atoms with Crippen molar-refractivity contribution in [1.29, 1.82) is 0 Å². The number of nitrogens with zero attached hydrogens (tertiary/aromatic N) is 2. The lowest BCUT2D eigenvalue weighted by atomic mass is 10.0. The molecule has 98 valence electrons. The summed E-state index contributed by atoms with van der Waals surface area (Å²) in [5.41, 5.74) is -1.83. The van der Waals surface area contributed by atoms with E-state index in [-0.39, 0.29) is 5.56 Å². The lowest BCUT2D eigenvalue weighted by Crippen LogP contribution is -2.10. The van der Waals surface area contributed by atoms with Gasteiger partial charge in [-0.1, -0.05) is 0 Å². The van der Waals surface area contributed by atoms with Crippen LogP contribution in [0.2, 0.25) is 0 Å². The molecule has 2 aromatic rings. The topological polar surface area (TPSA) is 42.9 Å². The van der Waals surface area contributed by atoms with Gasteiger partial charge in [0, 0.05) is 12.4 Å². The Morgan fingerprint density at radius 3 is 2.32 bits per heavy atom. The average Bonchev–Trinajstić information content (AvgIpc) is 2.38. The van der Waals surface area contributed by atoms with Crippen molar-refractivity contribution in [2.75, 3.05) is 0 Å². The Hall–Kier alpha value is -2.31. The highest BCUT2D eigenvalue weighted by molar-refractivity contribution is 6.08. The normalized spacial score (nSPS) is 11.4. The van der Waals surface area contributed by atoms with Crippen LogP contribution in [0.25, 0.3) is 0 Å². The van der Waals surface area contributed by atoms with E-state index in [1.807, 2.05) is 0 Å². The number of ketones is 1. The van der Waals surface area contributed by atoms with Crippen molar-refractivity contribution in [1.82, 2.24) is 9.97 Å². The van der Waals surface area contributed by atoms with Crippen LogP contribution in [0.5, 0.6) is 0 Å². The van der Waals surface area contributed by atoms with Gasteiger partial charge < -0.3 is 0 Å². The summed E-state index contributed by atoms with van der Waals surface area (Å²) in [6.07, 6.45) is -1.28. The van der Waals surface area contributed by atoms with E-state index in [0.29, 0.717) is 18.2 Å². The summed E-state index contributed by atoms with van der Waals surface area (Å²) in [4.78, 5) is 19.0. The first-order valence-electron chi connectivity index (χ1n) is 5.06. The van der Waals surface area contributed by atoms with E-state index >= 15 is 0 Å². The van der Waals surface area contributed by atoms with Gasteiger partial charge in [0.05, 0.1) is 16.7 Å². The van der Waals surface area contributed by atoms with Crippen LogP contribution in [-0.2, 0) is 6.18 Å². The Morgan fingerprint density at radius 1 is 1.11 bits per heavy atom. The van der Waals surface area contributed by atoms with Gasteiger partial charge in [0.15, 0.2) is 5.78 Å². The number of halogens is 4. The maximum atomic E-state index is 13.5. The maximum Gasteiger partial charge on any atom is 0.416 e. The van der Waals surface area contributed by atoms with Crippen LogP contribution in [0.4, 0.5) is 17.6 Å². The van der Waals surface area contributed by atoms with Crippen LogP contribution in [0, 0.1) is 5.82 Å². The molecule has 0 aliphatic heterocycles. The summed E-state index contributed by atoms with van der Waals surface area (Å²) in [5, 5.41) is 0. The number of hydrogen-bond acceptors (Lipinski definition) is 3. The molecule has 1 aromatic heterocycles. The Balaban J connectivity index is 2.48. The maximum absolute atomic E-state index is 13.5. The first-order chi connectivity index (χ1) is 8.89. The Bertz CT molecular complexity index is 611. The van der Waals surface area contributed by atoms with Gasteiger partial charge in [-0.3, -0.25) is 4.79 Å². The van der Waals surface area contributed by atoms with Gasteiger partial charge in [0.2, 0.25) is 0 Å². The Kier molecular flexibility index (Phi) is 3.28. The minimum Gasteiger partial charge on any atom is -0.288 e. The molecule has 0 bridgehead atoms. The molecule has 0 spiro atoms. The van der Waals surface area contributed by atoms with Crippen LogP contribution in [0.3, 0.4) is 0 Å². The standard InChI is InChI=1S/C12H6F4N2O/c13-10-2-1-8(12(14,15)16)3-9(10)11(19)7-4-17-6-18-5-7/h1-6H. The summed E-state index contributed by atoms with van der Waals surface area (Å²) >= 11 is 0. The predicted octanol–water partition coefficient (Wildman–Crippen LogP) is 2.87. The molecular formula is C12H6F4N2O. The van der Waals surface area contributed by atoms with Gasteiger partial charge in [-0.15, -0.1) is 0 Å². The summed E-state index contributed by atoms with van der Waals surface area (Å²) in [7, 11) is 0. The van der Waals surface area contributed by atoms with E-state index in [1.54, 1.807) is 0 Å². The van der Waals surface area contributed by atoms with Gasteiger partial charge in [0.25, 0.3) is 0 Å². The minimum absolute atomic E-state index is 0.0827. The predicted molar refractivity (Wildman–Crippen MR) is 56.9 cm³/mol. The number of aromatic nitrogens is 2. The fourth-order valence-corrected chi connectivity index (χ4v) is 1.45. The van der Waals surface area contributed by atoms with Crippen molar-refractivity contribution >= 4 is 5.78 Å². The number of benzene rings is 1. The molecule has 0 fully saturated rings. The SMILES string of the molecule is O=C(c1cncnc1)c1cc(C(F)(F)F)ccc1F. The first-order valence-corrected chi connectivity index (χ1v) is 5.06. The second kappa shape index (κ2) is 4.75. The van der Waals surface area contributed by atoms with Crippen molar-refractivity contribution in [2.24, 2.45) is 0 Å². The van der Waals surface area contributed by atoms with Crippen molar-refractivity contribution in [2.45, 2.75) is 6.18 Å². The van der Waals surface area contributed by atoms with E-state index in [4.69, 9.17) is 0 Å². The third kappa shape index (κ3) is 2.75. The molecule has 0 radical (unpaired) electrons. The smallest absolute Gasteiger partial charge is 0.288 e. The molecule has 0 amide bonds.